The summed E-state index contributed by atoms with van der Waals surface area (Å²) in [7, 11) is 2.12. The number of hydrogen-bond donors (Lipinski definition) is 1. The molecule has 170 valence electrons. The molecule has 2 aromatic carbocycles. The molecule has 0 aliphatic carbocycles. The van der Waals surface area contributed by atoms with Crippen molar-refractivity contribution >= 4 is 17.3 Å². The second-order valence-corrected chi connectivity index (χ2v) is 8.70. The topological polar surface area (TPSA) is 82.0 Å². The Balaban J connectivity index is 1.53. The van der Waals surface area contributed by atoms with E-state index in [4.69, 9.17) is 0 Å². The standard InChI is InChI=1S/C24H31N5O3/c1-26-13-15-27(16-14-26)18-21(19-7-3-2-4-8-19)25-24(30)20-9-10-22(23(17-20)29(31)32)28-11-5-6-12-28/h2-4,7-10,17,21H,5-6,11-16,18H2,1H3,(H,25,30). The van der Waals surface area contributed by atoms with Crippen molar-refractivity contribution in [1.82, 2.24) is 15.1 Å². The van der Waals surface area contributed by atoms with Crippen LogP contribution < -0.4 is 10.2 Å². The number of carbonyl (C=O) groups excluding carboxylic acids is 1. The van der Waals surface area contributed by atoms with Crippen LogP contribution in [-0.2, 0) is 0 Å². The van der Waals surface area contributed by atoms with E-state index in [0.29, 0.717) is 17.8 Å². The van der Waals surface area contributed by atoms with Crippen molar-refractivity contribution in [3.63, 3.8) is 0 Å². The number of hydrogen-bond acceptors (Lipinski definition) is 6. The molecule has 2 fully saturated rings. The Morgan fingerprint density at radius 3 is 2.38 bits per heavy atom. The molecule has 0 saturated carbocycles. The number of nitrogens with zero attached hydrogens (tertiary/aromatic N) is 4. The summed E-state index contributed by atoms with van der Waals surface area (Å²) < 4.78 is 0. The van der Waals surface area contributed by atoms with Gasteiger partial charge in [0.2, 0.25) is 0 Å². The minimum absolute atomic E-state index is 0.00474. The Morgan fingerprint density at radius 2 is 1.72 bits per heavy atom. The molecule has 2 saturated heterocycles. The first-order valence-corrected chi connectivity index (χ1v) is 11.3. The maximum atomic E-state index is 13.2. The molecular weight excluding hydrogens is 406 g/mol. The number of nitrogens with one attached hydrogen (secondary N) is 1. The minimum atomic E-state index is -0.386. The van der Waals surface area contributed by atoms with Gasteiger partial charge in [-0.1, -0.05) is 30.3 Å². The van der Waals surface area contributed by atoms with Crippen LogP contribution in [0.2, 0.25) is 0 Å². The molecule has 8 nitrogen and oxygen atoms in total. The van der Waals surface area contributed by atoms with Gasteiger partial charge in [-0.2, -0.15) is 0 Å². The molecule has 1 amide bonds. The highest BCUT2D eigenvalue weighted by atomic mass is 16.6. The zero-order valence-electron chi connectivity index (χ0n) is 18.6. The number of rotatable bonds is 7. The largest absolute Gasteiger partial charge is 0.366 e. The molecule has 0 aromatic heterocycles. The zero-order chi connectivity index (χ0) is 22.5. The first kappa shape index (κ1) is 22.2. The second kappa shape index (κ2) is 10.1. The molecule has 4 rings (SSSR count). The smallest absolute Gasteiger partial charge is 0.293 e. The molecule has 2 aliphatic rings. The van der Waals surface area contributed by atoms with Gasteiger partial charge in [-0.05, 0) is 37.6 Å². The molecule has 0 bridgehead atoms. The van der Waals surface area contributed by atoms with Crippen LogP contribution in [0.4, 0.5) is 11.4 Å². The predicted molar refractivity (Wildman–Crippen MR) is 125 cm³/mol. The van der Waals surface area contributed by atoms with Gasteiger partial charge in [0.25, 0.3) is 11.6 Å². The van der Waals surface area contributed by atoms with Crippen molar-refractivity contribution in [2.75, 3.05) is 57.8 Å². The molecule has 2 aliphatic heterocycles. The van der Waals surface area contributed by atoms with Gasteiger partial charge in [-0.15, -0.1) is 0 Å². The summed E-state index contributed by atoms with van der Waals surface area (Å²) in [6.45, 7) is 6.23. The van der Waals surface area contributed by atoms with Gasteiger partial charge in [0.1, 0.15) is 5.69 Å². The van der Waals surface area contributed by atoms with Gasteiger partial charge in [0.15, 0.2) is 0 Å². The van der Waals surface area contributed by atoms with E-state index in [1.807, 2.05) is 35.2 Å². The summed E-state index contributed by atoms with van der Waals surface area (Å²) in [5, 5.41) is 14.9. The Labute approximate surface area is 189 Å². The van der Waals surface area contributed by atoms with Crippen molar-refractivity contribution in [1.29, 1.82) is 0 Å². The minimum Gasteiger partial charge on any atom is -0.366 e. The highest BCUT2D eigenvalue weighted by Crippen LogP contribution is 2.32. The number of likely N-dealkylation sites (N-methyl/N-ethyl adjacent to an activating group) is 1. The summed E-state index contributed by atoms with van der Waals surface area (Å²) in [6.07, 6.45) is 2.06. The lowest BCUT2D eigenvalue weighted by atomic mass is 10.0. The van der Waals surface area contributed by atoms with Crippen molar-refractivity contribution in [3.05, 3.63) is 69.8 Å². The molecule has 1 unspecified atom stereocenters. The van der Waals surface area contributed by atoms with Gasteiger partial charge < -0.3 is 15.1 Å². The fourth-order valence-corrected chi connectivity index (χ4v) is 4.49. The molecule has 1 atom stereocenters. The quantitative estimate of drug-likeness (QED) is 0.530. The van der Waals surface area contributed by atoms with Gasteiger partial charge in [0.05, 0.1) is 11.0 Å². The second-order valence-electron chi connectivity index (χ2n) is 8.70. The van der Waals surface area contributed by atoms with Crippen LogP contribution in [0.5, 0.6) is 0 Å². The fourth-order valence-electron chi connectivity index (χ4n) is 4.49. The lowest BCUT2D eigenvalue weighted by Crippen LogP contribution is -2.47. The Kier molecular flexibility index (Phi) is 7.02. The summed E-state index contributed by atoms with van der Waals surface area (Å²) in [4.78, 5) is 31.2. The van der Waals surface area contributed by atoms with E-state index in [9.17, 15) is 14.9 Å². The van der Waals surface area contributed by atoms with Crippen LogP contribution in [0, 0.1) is 10.1 Å². The number of carbonyl (C=O) groups is 1. The molecule has 0 spiro atoms. The summed E-state index contributed by atoms with van der Waals surface area (Å²) >= 11 is 0. The third-order valence-electron chi connectivity index (χ3n) is 6.42. The van der Waals surface area contributed by atoms with Crippen LogP contribution in [0.15, 0.2) is 48.5 Å². The highest BCUT2D eigenvalue weighted by molar-refractivity contribution is 5.96. The first-order valence-electron chi connectivity index (χ1n) is 11.3. The molecule has 2 heterocycles. The summed E-state index contributed by atoms with van der Waals surface area (Å²) in [6, 6.07) is 14.6. The van der Waals surface area contributed by atoms with E-state index in [-0.39, 0.29) is 22.6 Å². The van der Waals surface area contributed by atoms with Crippen molar-refractivity contribution in [2.24, 2.45) is 0 Å². The summed E-state index contributed by atoms with van der Waals surface area (Å²) in [5.41, 5.74) is 1.94. The predicted octanol–water partition coefficient (Wildman–Crippen LogP) is 2.91. The van der Waals surface area contributed by atoms with Gasteiger partial charge in [-0.3, -0.25) is 19.8 Å². The van der Waals surface area contributed by atoms with Crippen molar-refractivity contribution < 1.29 is 9.72 Å². The Bertz CT molecular complexity index is 938. The number of piperazine rings is 1. The van der Waals surface area contributed by atoms with Gasteiger partial charge in [-0.25, -0.2) is 0 Å². The molecule has 2 aromatic rings. The van der Waals surface area contributed by atoms with E-state index in [0.717, 1.165) is 57.7 Å². The lowest BCUT2D eigenvalue weighted by Gasteiger charge is -2.35. The normalized spacial score (nSPS) is 18.5. The Hall–Kier alpha value is -2.97. The number of amides is 1. The monoisotopic (exact) mass is 437 g/mol. The molecule has 8 heteroatoms. The van der Waals surface area contributed by atoms with Gasteiger partial charge >= 0.3 is 0 Å². The summed E-state index contributed by atoms with van der Waals surface area (Å²) in [5.74, 6) is -0.288. The zero-order valence-corrected chi connectivity index (χ0v) is 18.6. The SMILES string of the molecule is CN1CCN(CC(NC(=O)c2ccc(N3CCCC3)c([N+](=O)[O-])c2)c2ccccc2)CC1. The van der Waals surface area contributed by atoms with Crippen LogP contribution in [0.25, 0.3) is 0 Å². The molecule has 32 heavy (non-hydrogen) atoms. The van der Waals surface area contributed by atoms with E-state index >= 15 is 0 Å². The maximum Gasteiger partial charge on any atom is 0.293 e. The lowest BCUT2D eigenvalue weighted by molar-refractivity contribution is -0.384. The number of anilines is 1. The van der Waals surface area contributed by atoms with E-state index < -0.39 is 0 Å². The Morgan fingerprint density at radius 1 is 1.03 bits per heavy atom. The van der Waals surface area contributed by atoms with Gasteiger partial charge in [0, 0.05) is 57.4 Å². The van der Waals surface area contributed by atoms with E-state index in [1.54, 1.807) is 12.1 Å². The number of nitro groups is 1. The molecular formula is C24H31N5O3. The van der Waals surface area contributed by atoms with E-state index in [1.165, 1.54) is 6.07 Å². The molecule has 0 radical (unpaired) electrons. The average molecular weight is 438 g/mol. The number of benzene rings is 2. The van der Waals surface area contributed by atoms with Crippen molar-refractivity contribution in [2.45, 2.75) is 18.9 Å². The first-order chi connectivity index (χ1) is 15.5. The maximum absolute atomic E-state index is 13.2. The third kappa shape index (κ3) is 5.26. The van der Waals surface area contributed by atoms with Crippen LogP contribution in [0.1, 0.15) is 34.8 Å². The van der Waals surface area contributed by atoms with Crippen LogP contribution in [-0.4, -0.2) is 73.5 Å². The highest BCUT2D eigenvalue weighted by Gasteiger charge is 2.26. The third-order valence-corrected chi connectivity index (χ3v) is 6.42. The molecule has 1 N–H and O–H groups in total. The van der Waals surface area contributed by atoms with Crippen LogP contribution >= 0.6 is 0 Å². The van der Waals surface area contributed by atoms with Crippen LogP contribution in [0.3, 0.4) is 0 Å². The van der Waals surface area contributed by atoms with Crippen molar-refractivity contribution in [3.8, 4) is 0 Å². The number of nitro benzene ring substituents is 1. The average Bonchev–Trinajstić information content (AvgIpc) is 3.35. The van der Waals surface area contributed by atoms with E-state index in [2.05, 4.69) is 22.2 Å². The fraction of sp³-hybridized carbons (Fsp3) is 0.458.